The van der Waals surface area contributed by atoms with Crippen LogP contribution in [-0.2, 0) is 0 Å². The van der Waals surface area contributed by atoms with E-state index in [9.17, 15) is 15.3 Å². The number of rotatable bonds is 5. The van der Waals surface area contributed by atoms with E-state index in [0.717, 1.165) is 0 Å². The minimum Gasteiger partial charge on any atom is -0.504 e. The van der Waals surface area contributed by atoms with Crippen molar-refractivity contribution >= 4 is 15.9 Å². The highest BCUT2D eigenvalue weighted by molar-refractivity contribution is 9.10. The van der Waals surface area contributed by atoms with Gasteiger partial charge in [0.1, 0.15) is 6.10 Å². The average molecular weight is 318 g/mol. The monoisotopic (exact) mass is 317 g/mol. The Balaban J connectivity index is 3.04. The van der Waals surface area contributed by atoms with E-state index < -0.39 is 12.2 Å². The summed E-state index contributed by atoms with van der Waals surface area (Å²) in [6.07, 6.45) is -2.51. The summed E-state index contributed by atoms with van der Waals surface area (Å²) in [6.45, 7) is -0.257. The van der Waals surface area contributed by atoms with Gasteiger partial charge in [-0.2, -0.15) is 0 Å². The molecule has 0 fully saturated rings. The van der Waals surface area contributed by atoms with Crippen LogP contribution in [0.5, 0.6) is 11.5 Å². The van der Waals surface area contributed by atoms with Gasteiger partial charge in [0.15, 0.2) is 11.5 Å². The number of hydrogen-bond donors (Lipinski definition) is 3. The second-order valence-corrected chi connectivity index (χ2v) is 4.33. The number of nitrogens with zero attached hydrogens (tertiary/aromatic N) is 3. The van der Waals surface area contributed by atoms with Crippen molar-refractivity contribution in [2.45, 2.75) is 12.2 Å². The number of hydrogen-bond acceptors (Lipinski definition) is 5. The average Bonchev–Trinajstić information content (AvgIpc) is 2.35. The maximum absolute atomic E-state index is 9.91. The Kier molecular flexibility index (Phi) is 5.24. The molecule has 0 spiro atoms. The summed E-state index contributed by atoms with van der Waals surface area (Å²) in [4.78, 5) is 2.50. The van der Waals surface area contributed by atoms with E-state index in [-0.39, 0.29) is 18.0 Å². The number of benzene rings is 1. The smallest absolute Gasteiger partial charge is 0.160 e. The molecule has 0 heterocycles. The molecule has 8 heteroatoms. The van der Waals surface area contributed by atoms with E-state index in [1.54, 1.807) is 0 Å². The fourth-order valence-electron chi connectivity index (χ4n) is 1.38. The normalized spacial score (nSPS) is 13.6. The molecular formula is C10H12BrN3O4. The van der Waals surface area contributed by atoms with E-state index in [1.165, 1.54) is 19.2 Å². The fourth-order valence-corrected chi connectivity index (χ4v) is 1.94. The first-order valence-electron chi connectivity index (χ1n) is 4.94. The molecule has 0 saturated carbocycles. The molecular weight excluding hydrogens is 306 g/mol. The van der Waals surface area contributed by atoms with Gasteiger partial charge in [-0.05, 0) is 17.7 Å². The first-order chi connectivity index (χ1) is 8.51. The van der Waals surface area contributed by atoms with Crippen molar-refractivity contribution in [1.82, 2.24) is 0 Å². The van der Waals surface area contributed by atoms with Crippen molar-refractivity contribution < 1.29 is 20.1 Å². The summed E-state index contributed by atoms with van der Waals surface area (Å²) < 4.78 is 5.32. The van der Waals surface area contributed by atoms with Crippen molar-refractivity contribution in [2.24, 2.45) is 5.11 Å². The molecule has 7 nitrogen and oxygen atoms in total. The Morgan fingerprint density at radius 2 is 2.17 bits per heavy atom. The molecule has 0 saturated heterocycles. The maximum atomic E-state index is 9.91. The highest BCUT2D eigenvalue weighted by Gasteiger charge is 2.22. The number of phenols is 1. The standard InChI is InChI=1S/C10H12BrN3O4/c1-18-9-2-5(6(11)3-7(9)15)10(17)8(16)4-13-14-12/h2-3,8,10,15-17H,4H2,1H3. The Morgan fingerprint density at radius 3 is 2.72 bits per heavy atom. The first kappa shape index (κ1) is 14.6. The van der Waals surface area contributed by atoms with Gasteiger partial charge in [-0.15, -0.1) is 0 Å². The Morgan fingerprint density at radius 1 is 1.50 bits per heavy atom. The van der Waals surface area contributed by atoms with E-state index in [4.69, 9.17) is 10.3 Å². The molecule has 98 valence electrons. The van der Waals surface area contributed by atoms with Gasteiger partial charge in [0, 0.05) is 14.9 Å². The van der Waals surface area contributed by atoms with E-state index in [2.05, 4.69) is 26.0 Å². The Bertz CT molecular complexity index is 476. The number of aliphatic hydroxyl groups is 2. The van der Waals surface area contributed by atoms with Crippen molar-refractivity contribution in [3.8, 4) is 11.5 Å². The summed E-state index contributed by atoms with van der Waals surface area (Å²) >= 11 is 3.16. The summed E-state index contributed by atoms with van der Waals surface area (Å²) in [5, 5.41) is 32.2. The quantitative estimate of drug-likeness (QED) is 0.436. The minimum absolute atomic E-state index is 0.0927. The Labute approximate surface area is 111 Å². The zero-order valence-electron chi connectivity index (χ0n) is 9.49. The third-order valence-corrected chi connectivity index (χ3v) is 3.00. The lowest BCUT2D eigenvalue weighted by atomic mass is 10.0. The van der Waals surface area contributed by atoms with E-state index in [1.807, 2.05) is 0 Å². The summed E-state index contributed by atoms with van der Waals surface area (Å²) in [5.74, 6) is 0.0769. The van der Waals surface area contributed by atoms with Gasteiger partial charge in [-0.3, -0.25) is 0 Å². The van der Waals surface area contributed by atoms with Crippen molar-refractivity contribution in [3.05, 3.63) is 32.6 Å². The molecule has 1 aromatic carbocycles. The molecule has 0 aliphatic carbocycles. The maximum Gasteiger partial charge on any atom is 0.160 e. The van der Waals surface area contributed by atoms with Crippen molar-refractivity contribution in [3.63, 3.8) is 0 Å². The third-order valence-electron chi connectivity index (χ3n) is 2.31. The lowest BCUT2D eigenvalue weighted by Crippen LogP contribution is -2.21. The molecule has 3 N–H and O–H groups in total. The topological polar surface area (TPSA) is 119 Å². The number of halogens is 1. The molecule has 0 aliphatic rings. The van der Waals surface area contributed by atoms with Gasteiger partial charge in [0.25, 0.3) is 0 Å². The van der Waals surface area contributed by atoms with Crippen LogP contribution in [0.3, 0.4) is 0 Å². The van der Waals surface area contributed by atoms with Crippen LogP contribution in [0.15, 0.2) is 21.7 Å². The van der Waals surface area contributed by atoms with Gasteiger partial charge in [0.2, 0.25) is 0 Å². The highest BCUT2D eigenvalue weighted by Crippen LogP contribution is 2.36. The minimum atomic E-state index is -1.26. The summed E-state index contributed by atoms with van der Waals surface area (Å²) in [7, 11) is 1.37. The number of aromatic hydroxyl groups is 1. The number of phenolic OH excluding ortho intramolecular Hbond substituents is 1. The van der Waals surface area contributed by atoms with Gasteiger partial charge >= 0.3 is 0 Å². The molecule has 0 radical (unpaired) electrons. The van der Waals surface area contributed by atoms with Crippen molar-refractivity contribution in [2.75, 3.05) is 13.7 Å². The lowest BCUT2D eigenvalue weighted by molar-refractivity contribution is 0.0238. The largest absolute Gasteiger partial charge is 0.504 e. The fraction of sp³-hybridized carbons (Fsp3) is 0.400. The van der Waals surface area contributed by atoms with Crippen LogP contribution in [0, 0.1) is 0 Å². The molecule has 0 amide bonds. The van der Waals surface area contributed by atoms with Gasteiger partial charge in [-0.1, -0.05) is 21.0 Å². The zero-order chi connectivity index (χ0) is 13.7. The van der Waals surface area contributed by atoms with Crippen LogP contribution < -0.4 is 4.74 Å². The summed E-state index contributed by atoms with van der Waals surface area (Å²) in [5.41, 5.74) is 8.47. The first-order valence-corrected chi connectivity index (χ1v) is 5.74. The number of aliphatic hydroxyl groups excluding tert-OH is 2. The molecule has 2 atom stereocenters. The van der Waals surface area contributed by atoms with E-state index >= 15 is 0 Å². The van der Waals surface area contributed by atoms with Crippen LogP contribution in [0.4, 0.5) is 0 Å². The zero-order valence-corrected chi connectivity index (χ0v) is 11.1. The molecule has 1 aromatic rings. The van der Waals surface area contributed by atoms with Gasteiger partial charge in [-0.25, -0.2) is 0 Å². The third kappa shape index (κ3) is 3.27. The molecule has 18 heavy (non-hydrogen) atoms. The van der Waals surface area contributed by atoms with E-state index in [0.29, 0.717) is 10.0 Å². The van der Waals surface area contributed by atoms with Crippen LogP contribution in [0.2, 0.25) is 0 Å². The second-order valence-electron chi connectivity index (χ2n) is 3.47. The number of azide groups is 1. The van der Waals surface area contributed by atoms with Crippen molar-refractivity contribution in [1.29, 1.82) is 0 Å². The second kappa shape index (κ2) is 6.46. The molecule has 0 aromatic heterocycles. The molecule has 0 bridgehead atoms. The van der Waals surface area contributed by atoms with Crippen LogP contribution in [0.1, 0.15) is 11.7 Å². The Hall–Kier alpha value is -1.47. The summed E-state index contributed by atoms with van der Waals surface area (Å²) in [6, 6.07) is 2.74. The van der Waals surface area contributed by atoms with Gasteiger partial charge < -0.3 is 20.1 Å². The highest BCUT2D eigenvalue weighted by atomic mass is 79.9. The molecule has 1 rings (SSSR count). The van der Waals surface area contributed by atoms with Crippen LogP contribution >= 0.6 is 15.9 Å². The SMILES string of the molecule is COc1cc(C(O)C(O)CN=[N+]=[N-])c(Br)cc1O. The van der Waals surface area contributed by atoms with Crippen LogP contribution in [0.25, 0.3) is 10.4 Å². The molecule has 2 unspecified atom stereocenters. The van der Waals surface area contributed by atoms with Gasteiger partial charge in [0.05, 0.1) is 19.8 Å². The predicted molar refractivity (Wildman–Crippen MR) is 67.3 cm³/mol. The molecule has 0 aliphatic heterocycles. The van der Waals surface area contributed by atoms with Crippen LogP contribution in [-0.4, -0.2) is 35.1 Å². The number of ether oxygens (including phenoxy) is 1. The predicted octanol–water partition coefficient (Wildman–Crippen LogP) is 1.87. The number of methoxy groups -OCH3 is 1. The lowest BCUT2D eigenvalue weighted by Gasteiger charge is -2.18.